The minimum absolute atomic E-state index is 0.171. The Hall–Kier alpha value is -2.74. The molecule has 202 valence electrons. The van der Waals surface area contributed by atoms with Gasteiger partial charge in [-0.25, -0.2) is 9.18 Å². The average Bonchev–Trinajstić information content (AvgIpc) is 3.31. The molecule has 0 bridgehead atoms. The van der Waals surface area contributed by atoms with Gasteiger partial charge in [0, 0.05) is 24.2 Å². The summed E-state index contributed by atoms with van der Waals surface area (Å²) in [4.78, 5) is 14.2. The molecule has 0 unspecified atom stereocenters. The molecule has 7 heteroatoms. The van der Waals surface area contributed by atoms with E-state index in [0.29, 0.717) is 30.9 Å². The Kier molecular flexibility index (Phi) is 11.1. The van der Waals surface area contributed by atoms with Gasteiger partial charge in [0.25, 0.3) is 0 Å². The van der Waals surface area contributed by atoms with E-state index in [9.17, 15) is 14.3 Å². The van der Waals surface area contributed by atoms with Gasteiger partial charge in [-0.15, -0.1) is 0 Å². The number of hydrogen-bond acceptors (Lipinski definition) is 6. The standard InChI is InChI=1S/C30H40FNO5/c1-5-28(25-10-7-11-29(35-4)26(25)14-15-30(34)36-6-2)37-20-24(33)19-32-16-8-9-23(32)17-22-13-12-21(3)27(31)18-22/h7,10-15,18,23-24,28,33H,5-6,8-9,16-17,19-20H2,1-4H3/t23-,24+,28+/m0/s1. The van der Waals surface area contributed by atoms with Gasteiger partial charge in [-0.05, 0) is 81.0 Å². The van der Waals surface area contributed by atoms with E-state index in [1.54, 1.807) is 33.1 Å². The summed E-state index contributed by atoms with van der Waals surface area (Å²) in [5.74, 6) is 0.0421. The maximum absolute atomic E-state index is 14.0. The van der Waals surface area contributed by atoms with Crippen molar-refractivity contribution in [3.8, 4) is 5.75 Å². The van der Waals surface area contributed by atoms with Gasteiger partial charge in [0.2, 0.25) is 0 Å². The number of hydrogen-bond donors (Lipinski definition) is 1. The van der Waals surface area contributed by atoms with Crippen molar-refractivity contribution in [3.63, 3.8) is 0 Å². The molecular formula is C30H40FNO5. The Morgan fingerprint density at radius 1 is 1.27 bits per heavy atom. The van der Waals surface area contributed by atoms with E-state index in [0.717, 1.165) is 42.5 Å². The number of aliphatic hydroxyl groups excluding tert-OH is 1. The third kappa shape index (κ3) is 8.12. The molecule has 0 spiro atoms. The zero-order chi connectivity index (χ0) is 26.8. The first-order valence-corrected chi connectivity index (χ1v) is 13.2. The Balaban J connectivity index is 1.63. The molecule has 1 N–H and O–H groups in total. The molecule has 1 aliphatic heterocycles. The van der Waals surface area contributed by atoms with E-state index in [1.807, 2.05) is 37.3 Å². The van der Waals surface area contributed by atoms with Crippen LogP contribution in [0.15, 0.2) is 42.5 Å². The number of halogens is 1. The zero-order valence-electron chi connectivity index (χ0n) is 22.4. The summed E-state index contributed by atoms with van der Waals surface area (Å²) in [6, 6.07) is 11.4. The van der Waals surface area contributed by atoms with Crippen molar-refractivity contribution in [2.75, 3.05) is 33.4 Å². The predicted molar refractivity (Wildman–Crippen MR) is 143 cm³/mol. The Morgan fingerprint density at radius 2 is 2.08 bits per heavy atom. The van der Waals surface area contributed by atoms with E-state index in [-0.39, 0.29) is 24.6 Å². The normalized spacial score (nSPS) is 17.7. The third-order valence-corrected chi connectivity index (χ3v) is 6.85. The van der Waals surface area contributed by atoms with Crippen molar-refractivity contribution in [2.45, 2.75) is 64.7 Å². The van der Waals surface area contributed by atoms with Crippen molar-refractivity contribution in [1.29, 1.82) is 0 Å². The van der Waals surface area contributed by atoms with E-state index in [2.05, 4.69) is 4.90 Å². The fraction of sp³-hybridized carbons (Fsp3) is 0.500. The first-order chi connectivity index (χ1) is 17.9. The van der Waals surface area contributed by atoms with Crippen molar-refractivity contribution >= 4 is 12.0 Å². The minimum Gasteiger partial charge on any atom is -0.496 e. The molecule has 1 aliphatic rings. The number of ether oxygens (including phenoxy) is 3. The Morgan fingerprint density at radius 3 is 2.78 bits per heavy atom. The lowest BCUT2D eigenvalue weighted by Crippen LogP contribution is -2.39. The first-order valence-electron chi connectivity index (χ1n) is 13.2. The van der Waals surface area contributed by atoms with E-state index < -0.39 is 12.1 Å². The molecule has 3 rings (SSSR count). The van der Waals surface area contributed by atoms with Crippen molar-refractivity contribution in [2.24, 2.45) is 0 Å². The molecule has 6 nitrogen and oxygen atoms in total. The predicted octanol–water partition coefficient (Wildman–Crippen LogP) is 5.25. The summed E-state index contributed by atoms with van der Waals surface area (Å²) in [5, 5.41) is 10.8. The molecule has 2 aromatic carbocycles. The summed E-state index contributed by atoms with van der Waals surface area (Å²) >= 11 is 0. The second-order valence-corrected chi connectivity index (χ2v) is 9.51. The smallest absolute Gasteiger partial charge is 0.330 e. The minimum atomic E-state index is -0.659. The second kappa shape index (κ2) is 14.3. The number of esters is 1. The van der Waals surface area contributed by atoms with Gasteiger partial charge in [-0.2, -0.15) is 0 Å². The SMILES string of the molecule is CCOC(=O)C=Cc1c(OC)cccc1[C@@H](CC)OC[C@H](O)CN1CCC[C@H]1Cc1ccc(C)c(F)c1. The van der Waals surface area contributed by atoms with Crippen LogP contribution < -0.4 is 4.74 Å². The number of methoxy groups -OCH3 is 1. The van der Waals surface area contributed by atoms with Gasteiger partial charge in [-0.3, -0.25) is 4.90 Å². The number of aliphatic hydroxyl groups is 1. The fourth-order valence-corrected chi connectivity index (χ4v) is 4.92. The van der Waals surface area contributed by atoms with Crippen LogP contribution in [-0.4, -0.2) is 61.5 Å². The van der Waals surface area contributed by atoms with Gasteiger partial charge in [-0.1, -0.05) is 31.2 Å². The highest BCUT2D eigenvalue weighted by Crippen LogP contribution is 2.32. The summed E-state index contributed by atoms with van der Waals surface area (Å²) in [7, 11) is 1.59. The number of β-amino-alcohol motifs (C(OH)–C–C–N with tert-alkyl or cyclic N) is 1. The van der Waals surface area contributed by atoms with E-state index >= 15 is 0 Å². The topological polar surface area (TPSA) is 68.2 Å². The van der Waals surface area contributed by atoms with Crippen LogP contribution in [0.3, 0.4) is 0 Å². The summed E-state index contributed by atoms with van der Waals surface area (Å²) in [6.45, 7) is 7.45. The molecular weight excluding hydrogens is 473 g/mol. The van der Waals surface area contributed by atoms with Gasteiger partial charge >= 0.3 is 5.97 Å². The highest BCUT2D eigenvalue weighted by Gasteiger charge is 2.27. The number of nitrogens with zero attached hydrogens (tertiary/aromatic N) is 1. The van der Waals surface area contributed by atoms with Gasteiger partial charge in [0.05, 0.1) is 32.5 Å². The van der Waals surface area contributed by atoms with Gasteiger partial charge in [0.15, 0.2) is 0 Å². The molecule has 0 amide bonds. The zero-order valence-corrected chi connectivity index (χ0v) is 22.4. The van der Waals surface area contributed by atoms with Crippen molar-refractivity contribution in [3.05, 3.63) is 70.5 Å². The maximum Gasteiger partial charge on any atom is 0.330 e. The monoisotopic (exact) mass is 513 g/mol. The lowest BCUT2D eigenvalue weighted by Gasteiger charge is -2.28. The lowest BCUT2D eigenvalue weighted by atomic mass is 9.99. The van der Waals surface area contributed by atoms with Crippen LogP contribution in [0.1, 0.15) is 61.5 Å². The molecule has 1 heterocycles. The summed E-state index contributed by atoms with van der Waals surface area (Å²) < 4.78 is 30.7. The molecule has 2 aromatic rings. The van der Waals surface area contributed by atoms with E-state index in [4.69, 9.17) is 14.2 Å². The van der Waals surface area contributed by atoms with Crippen molar-refractivity contribution in [1.82, 2.24) is 4.90 Å². The quantitative estimate of drug-likeness (QED) is 0.291. The molecule has 0 aliphatic carbocycles. The lowest BCUT2D eigenvalue weighted by molar-refractivity contribution is -0.137. The number of carbonyl (C=O) groups is 1. The maximum atomic E-state index is 14.0. The average molecular weight is 514 g/mol. The summed E-state index contributed by atoms with van der Waals surface area (Å²) in [6.07, 6.45) is 5.68. The molecule has 0 saturated carbocycles. The number of aryl methyl sites for hydroxylation is 1. The van der Waals surface area contributed by atoms with Crippen LogP contribution >= 0.6 is 0 Å². The van der Waals surface area contributed by atoms with Crippen LogP contribution in [0, 0.1) is 12.7 Å². The van der Waals surface area contributed by atoms with Crippen LogP contribution in [0.25, 0.3) is 6.08 Å². The van der Waals surface area contributed by atoms with Crippen LogP contribution in [0.4, 0.5) is 4.39 Å². The molecule has 1 fully saturated rings. The second-order valence-electron chi connectivity index (χ2n) is 9.51. The number of rotatable bonds is 13. The molecule has 0 aromatic heterocycles. The highest BCUT2D eigenvalue weighted by atomic mass is 19.1. The van der Waals surface area contributed by atoms with Crippen LogP contribution in [-0.2, 0) is 20.7 Å². The third-order valence-electron chi connectivity index (χ3n) is 6.85. The first kappa shape index (κ1) is 28.8. The van der Waals surface area contributed by atoms with Crippen LogP contribution in [0.5, 0.6) is 5.75 Å². The highest BCUT2D eigenvalue weighted by molar-refractivity contribution is 5.88. The Bertz CT molecular complexity index is 1060. The van der Waals surface area contributed by atoms with Gasteiger partial charge in [0.1, 0.15) is 11.6 Å². The molecule has 0 radical (unpaired) electrons. The molecule has 37 heavy (non-hydrogen) atoms. The van der Waals surface area contributed by atoms with E-state index in [1.165, 1.54) is 6.08 Å². The van der Waals surface area contributed by atoms with Crippen LogP contribution in [0.2, 0.25) is 0 Å². The van der Waals surface area contributed by atoms with Crippen molar-refractivity contribution < 1.29 is 28.5 Å². The number of likely N-dealkylation sites (tertiary alicyclic amines) is 1. The number of benzene rings is 2. The van der Waals surface area contributed by atoms with Gasteiger partial charge < -0.3 is 19.3 Å². The molecule has 1 saturated heterocycles. The fourth-order valence-electron chi connectivity index (χ4n) is 4.92. The Labute approximate surface area is 220 Å². The number of carbonyl (C=O) groups excluding carboxylic acids is 1. The summed E-state index contributed by atoms with van der Waals surface area (Å²) in [5.41, 5.74) is 3.28. The molecule has 3 atom stereocenters. The largest absolute Gasteiger partial charge is 0.496 e.